The Labute approximate surface area is 228 Å². The second-order valence-corrected chi connectivity index (χ2v) is 9.03. The van der Waals surface area contributed by atoms with Crippen LogP contribution in [0.25, 0.3) is 11.1 Å². The molecule has 0 aliphatic carbocycles. The highest BCUT2D eigenvalue weighted by Gasteiger charge is 2.21. The van der Waals surface area contributed by atoms with E-state index in [1.807, 2.05) is 18.2 Å². The van der Waals surface area contributed by atoms with Crippen LogP contribution in [0, 0.1) is 0 Å². The van der Waals surface area contributed by atoms with Crippen molar-refractivity contribution in [1.29, 1.82) is 0 Å². The van der Waals surface area contributed by atoms with E-state index in [-0.39, 0.29) is 17.1 Å². The number of urea groups is 1. The number of hydrogen-bond acceptors (Lipinski definition) is 4. The van der Waals surface area contributed by atoms with Gasteiger partial charge in [-0.25, -0.2) is 9.59 Å². The van der Waals surface area contributed by atoms with E-state index in [1.165, 1.54) is 12.3 Å². The van der Waals surface area contributed by atoms with Gasteiger partial charge < -0.3 is 21.1 Å². The second-order valence-electron chi connectivity index (χ2n) is 8.24. The first kappa shape index (κ1) is 26.7. The summed E-state index contributed by atoms with van der Waals surface area (Å²) in [6.07, 6.45) is 1.68. The van der Waals surface area contributed by atoms with Crippen molar-refractivity contribution in [3.05, 3.63) is 112 Å². The van der Waals surface area contributed by atoms with Crippen LogP contribution < -0.4 is 16.0 Å². The quantitative estimate of drug-likeness (QED) is 0.211. The molecule has 0 radical (unpaired) electrons. The number of carboxylic acids is 1. The molecule has 38 heavy (non-hydrogen) atoms. The molecule has 1 aromatic heterocycles. The Morgan fingerprint density at radius 2 is 1.53 bits per heavy atom. The van der Waals surface area contributed by atoms with Crippen LogP contribution in [-0.4, -0.2) is 34.0 Å². The maximum absolute atomic E-state index is 12.6. The summed E-state index contributed by atoms with van der Waals surface area (Å²) in [6.45, 7) is 0. The number of carbonyl (C=O) groups excluding carboxylic acids is 2. The lowest BCUT2D eigenvalue weighted by Gasteiger charge is -2.14. The Hall–Kier alpha value is -4.40. The van der Waals surface area contributed by atoms with E-state index in [1.54, 1.807) is 60.7 Å². The fourth-order valence-electron chi connectivity index (χ4n) is 3.61. The van der Waals surface area contributed by atoms with Crippen molar-refractivity contribution in [3.8, 4) is 11.1 Å². The number of benzene rings is 3. The highest BCUT2D eigenvalue weighted by atomic mass is 35.5. The molecule has 0 unspecified atom stereocenters. The fourth-order valence-corrected chi connectivity index (χ4v) is 3.96. The predicted molar refractivity (Wildman–Crippen MR) is 148 cm³/mol. The van der Waals surface area contributed by atoms with E-state index in [2.05, 4.69) is 20.9 Å². The molecule has 0 saturated heterocycles. The second kappa shape index (κ2) is 12.2. The van der Waals surface area contributed by atoms with Gasteiger partial charge in [0.25, 0.3) is 5.91 Å². The highest BCUT2D eigenvalue weighted by Crippen LogP contribution is 2.29. The molecule has 192 valence electrons. The zero-order valence-corrected chi connectivity index (χ0v) is 21.3. The summed E-state index contributed by atoms with van der Waals surface area (Å²) in [5.41, 5.74) is 3.38. The van der Waals surface area contributed by atoms with Gasteiger partial charge in [0.1, 0.15) is 11.7 Å². The number of aromatic nitrogens is 1. The van der Waals surface area contributed by atoms with Crippen LogP contribution in [0.1, 0.15) is 16.1 Å². The molecular formula is C28H22Cl2N4O4. The molecule has 4 rings (SSSR count). The van der Waals surface area contributed by atoms with Gasteiger partial charge in [-0.05, 0) is 41.5 Å². The van der Waals surface area contributed by atoms with Crippen molar-refractivity contribution < 1.29 is 19.5 Å². The molecule has 0 bridgehead atoms. The van der Waals surface area contributed by atoms with Crippen molar-refractivity contribution in [3.63, 3.8) is 0 Å². The van der Waals surface area contributed by atoms with Gasteiger partial charge in [0.05, 0.1) is 15.7 Å². The number of carbonyl (C=O) groups is 3. The summed E-state index contributed by atoms with van der Waals surface area (Å²) in [5, 5.41) is 18.0. The minimum absolute atomic E-state index is 0.0997. The number of nitrogens with zero attached hydrogens (tertiary/aromatic N) is 1. The molecule has 10 heteroatoms. The molecule has 8 nitrogen and oxygen atoms in total. The Balaban J connectivity index is 1.36. The van der Waals surface area contributed by atoms with Crippen LogP contribution in [0.15, 0.2) is 91.1 Å². The zero-order chi connectivity index (χ0) is 27.1. The molecule has 0 spiro atoms. The summed E-state index contributed by atoms with van der Waals surface area (Å²) < 4.78 is 0. The standard InChI is InChI=1S/C28H22Cl2N4O4/c29-21-7-4-8-22(25(21)30)34-28(38)32-20-12-9-18(10-13-20)19-11-14-23(31-16-19)26(35)33-24(27(36)37)15-17-5-2-1-3-6-17/h1-14,16,24H,15H2,(H,33,35)(H,36,37)(H2,32,34,38)/t24-/m1/s1. The SMILES string of the molecule is O=C(Nc1ccc(-c2ccc(C(=O)N[C@H](Cc3ccccc3)C(=O)O)nc2)cc1)Nc1cccc(Cl)c1Cl. The van der Waals surface area contributed by atoms with E-state index in [0.717, 1.165) is 16.7 Å². The molecule has 1 atom stereocenters. The van der Waals surface area contributed by atoms with Gasteiger partial charge in [0, 0.05) is 23.9 Å². The summed E-state index contributed by atoms with van der Waals surface area (Å²) in [6, 6.07) is 22.7. The number of amides is 3. The Morgan fingerprint density at radius 3 is 2.18 bits per heavy atom. The minimum atomic E-state index is -1.13. The van der Waals surface area contributed by atoms with E-state index in [4.69, 9.17) is 23.2 Å². The van der Waals surface area contributed by atoms with Crippen LogP contribution in [-0.2, 0) is 11.2 Å². The maximum Gasteiger partial charge on any atom is 0.326 e. The summed E-state index contributed by atoms with van der Waals surface area (Å²) in [4.78, 5) is 40.8. The summed E-state index contributed by atoms with van der Waals surface area (Å²) >= 11 is 12.1. The van der Waals surface area contributed by atoms with Gasteiger partial charge in [-0.1, -0.05) is 77.8 Å². The Bertz CT molecular complexity index is 1450. The largest absolute Gasteiger partial charge is 0.480 e. The third-order valence-electron chi connectivity index (χ3n) is 5.56. The van der Waals surface area contributed by atoms with Crippen molar-refractivity contribution in [2.75, 3.05) is 10.6 Å². The first-order chi connectivity index (χ1) is 18.3. The first-order valence-electron chi connectivity index (χ1n) is 11.5. The average molecular weight is 549 g/mol. The van der Waals surface area contributed by atoms with Gasteiger partial charge in [-0.2, -0.15) is 0 Å². The van der Waals surface area contributed by atoms with Crippen molar-refractivity contribution >= 4 is 52.5 Å². The van der Waals surface area contributed by atoms with Crippen LogP contribution in [0.4, 0.5) is 16.2 Å². The number of carboxylic acid groups (broad SMARTS) is 1. The average Bonchev–Trinajstić information content (AvgIpc) is 2.92. The van der Waals surface area contributed by atoms with Gasteiger partial charge in [-0.3, -0.25) is 9.78 Å². The van der Waals surface area contributed by atoms with Gasteiger partial charge >= 0.3 is 12.0 Å². The lowest BCUT2D eigenvalue weighted by atomic mass is 10.1. The van der Waals surface area contributed by atoms with Crippen molar-refractivity contribution in [2.24, 2.45) is 0 Å². The van der Waals surface area contributed by atoms with E-state index < -0.39 is 23.9 Å². The van der Waals surface area contributed by atoms with E-state index >= 15 is 0 Å². The van der Waals surface area contributed by atoms with Crippen molar-refractivity contribution in [1.82, 2.24) is 10.3 Å². The third-order valence-corrected chi connectivity index (χ3v) is 6.38. The normalized spacial score (nSPS) is 11.3. The number of nitrogens with one attached hydrogen (secondary N) is 3. The number of halogens is 2. The molecule has 0 saturated carbocycles. The van der Waals surface area contributed by atoms with Gasteiger partial charge in [0.15, 0.2) is 0 Å². The number of pyridine rings is 1. The Morgan fingerprint density at radius 1 is 0.816 bits per heavy atom. The van der Waals surface area contributed by atoms with E-state index in [9.17, 15) is 19.5 Å². The van der Waals surface area contributed by atoms with Crippen molar-refractivity contribution in [2.45, 2.75) is 12.5 Å². The molecule has 3 aromatic carbocycles. The lowest BCUT2D eigenvalue weighted by Crippen LogP contribution is -2.42. The van der Waals surface area contributed by atoms with Gasteiger partial charge in [0.2, 0.25) is 0 Å². The number of rotatable bonds is 8. The highest BCUT2D eigenvalue weighted by molar-refractivity contribution is 6.44. The monoisotopic (exact) mass is 548 g/mol. The number of anilines is 2. The van der Waals surface area contributed by atoms with Crippen LogP contribution in [0.5, 0.6) is 0 Å². The molecule has 3 amide bonds. The molecule has 4 aromatic rings. The molecule has 0 aliphatic rings. The predicted octanol–water partition coefficient (Wildman–Crippen LogP) is 6.13. The van der Waals surface area contributed by atoms with Crippen LogP contribution in [0.2, 0.25) is 10.0 Å². The number of aliphatic carboxylic acids is 1. The minimum Gasteiger partial charge on any atom is -0.480 e. The molecule has 4 N–H and O–H groups in total. The molecule has 0 aliphatic heterocycles. The number of hydrogen-bond donors (Lipinski definition) is 4. The topological polar surface area (TPSA) is 120 Å². The van der Waals surface area contributed by atoms with Gasteiger partial charge in [-0.15, -0.1) is 0 Å². The third kappa shape index (κ3) is 6.88. The van der Waals surface area contributed by atoms with E-state index in [0.29, 0.717) is 16.4 Å². The van der Waals surface area contributed by atoms with Crippen LogP contribution in [0.3, 0.4) is 0 Å². The van der Waals surface area contributed by atoms with Crippen LogP contribution >= 0.6 is 23.2 Å². The molecular weight excluding hydrogens is 527 g/mol. The smallest absolute Gasteiger partial charge is 0.326 e. The first-order valence-corrected chi connectivity index (χ1v) is 12.2. The Kier molecular flexibility index (Phi) is 8.58. The summed E-state index contributed by atoms with van der Waals surface area (Å²) in [5.74, 6) is -1.71. The maximum atomic E-state index is 12.6. The lowest BCUT2D eigenvalue weighted by molar-refractivity contribution is -0.139. The molecule has 1 heterocycles. The zero-order valence-electron chi connectivity index (χ0n) is 19.8. The molecule has 0 fully saturated rings. The summed E-state index contributed by atoms with van der Waals surface area (Å²) in [7, 11) is 0. The fraction of sp³-hybridized carbons (Fsp3) is 0.0714.